The van der Waals surface area contributed by atoms with E-state index in [0.717, 1.165) is 56.1 Å². The van der Waals surface area contributed by atoms with Gasteiger partial charge in [-0.15, -0.1) is 10.2 Å². The van der Waals surface area contributed by atoms with Crippen LogP contribution in [0.2, 0.25) is 0 Å². The zero-order valence-corrected chi connectivity index (χ0v) is 18.8. The molecule has 2 aliphatic heterocycles. The van der Waals surface area contributed by atoms with Gasteiger partial charge in [0.15, 0.2) is 0 Å². The van der Waals surface area contributed by atoms with E-state index in [1.807, 2.05) is 0 Å². The Morgan fingerprint density at radius 1 is 0.906 bits per heavy atom. The molecule has 0 bridgehead atoms. The lowest BCUT2D eigenvalue weighted by molar-refractivity contribution is -0.142. The highest BCUT2D eigenvalue weighted by Gasteiger charge is 2.26. The first-order chi connectivity index (χ1) is 15.7. The smallest absolute Gasteiger partial charge is 0.306 e. The zero-order valence-electron chi connectivity index (χ0n) is 18.0. The van der Waals surface area contributed by atoms with Crippen LogP contribution >= 0.6 is 11.3 Å². The van der Waals surface area contributed by atoms with Crippen LogP contribution in [0.15, 0.2) is 48.7 Å². The van der Waals surface area contributed by atoms with Crippen molar-refractivity contribution >= 4 is 28.1 Å². The largest absolute Gasteiger partial charge is 0.481 e. The van der Waals surface area contributed by atoms with Crippen LogP contribution in [0.5, 0.6) is 0 Å². The highest BCUT2D eigenvalue weighted by Crippen LogP contribution is 2.29. The summed E-state index contributed by atoms with van der Waals surface area (Å²) in [5.41, 5.74) is 2.51. The average molecular weight is 453 g/mol. The van der Waals surface area contributed by atoms with Crippen molar-refractivity contribution in [2.24, 2.45) is 5.92 Å². The van der Waals surface area contributed by atoms with Crippen LogP contribution in [-0.4, -0.2) is 70.0 Å². The molecule has 1 N–H and O–H groups in total. The van der Waals surface area contributed by atoms with Crippen LogP contribution in [0, 0.1) is 5.92 Å². The molecule has 4 heterocycles. The van der Waals surface area contributed by atoms with Gasteiger partial charge in [0.05, 0.1) is 5.92 Å². The molecule has 8 nitrogen and oxygen atoms in total. The van der Waals surface area contributed by atoms with Crippen molar-refractivity contribution < 1.29 is 9.90 Å². The number of aromatic nitrogens is 3. The van der Waals surface area contributed by atoms with Crippen molar-refractivity contribution in [3.63, 3.8) is 0 Å². The minimum atomic E-state index is -0.691. The number of para-hydroxylation sites is 1. The van der Waals surface area contributed by atoms with Gasteiger partial charge in [0.1, 0.15) is 0 Å². The molecule has 2 aliphatic rings. The summed E-state index contributed by atoms with van der Waals surface area (Å²) in [5.74, 6) is -0.929. The number of hydrogen-bond donors (Lipinski definition) is 1. The van der Waals surface area contributed by atoms with E-state index in [2.05, 4.69) is 78.1 Å². The quantitative estimate of drug-likeness (QED) is 0.616. The molecule has 0 amide bonds. The first kappa shape index (κ1) is 21.0. The lowest BCUT2D eigenvalue weighted by atomic mass is 9.98. The lowest BCUT2D eigenvalue weighted by Gasteiger charge is -2.36. The highest BCUT2D eigenvalue weighted by atomic mass is 32.1. The number of carboxylic acid groups (broad SMARTS) is 1. The van der Waals surface area contributed by atoms with Crippen LogP contribution in [0.1, 0.15) is 18.5 Å². The molecule has 0 spiro atoms. The summed E-state index contributed by atoms with van der Waals surface area (Å²) in [4.78, 5) is 18.3. The second-order valence-electron chi connectivity index (χ2n) is 8.44. The molecule has 0 saturated carbocycles. The Kier molecular flexibility index (Phi) is 6.09. The summed E-state index contributed by atoms with van der Waals surface area (Å²) >= 11 is 1.57. The Balaban J connectivity index is 1.20. The molecule has 0 aliphatic carbocycles. The van der Waals surface area contributed by atoms with Crippen LogP contribution in [0.4, 0.5) is 10.8 Å². The van der Waals surface area contributed by atoms with Crippen molar-refractivity contribution in [3.8, 4) is 5.13 Å². The first-order valence-corrected chi connectivity index (χ1v) is 12.0. The number of carboxylic acids is 1. The van der Waals surface area contributed by atoms with Crippen LogP contribution in [-0.2, 0) is 11.3 Å². The SMILES string of the molecule is O=C(O)C1CCN(c2nnc(-n3cccc3CN3CCN(c4ccccc4)CC3)s2)CC1. The van der Waals surface area contributed by atoms with Gasteiger partial charge < -0.3 is 14.9 Å². The molecule has 32 heavy (non-hydrogen) atoms. The summed E-state index contributed by atoms with van der Waals surface area (Å²) in [6.45, 7) is 6.43. The van der Waals surface area contributed by atoms with E-state index in [1.165, 1.54) is 11.4 Å². The molecule has 0 unspecified atom stereocenters. The maximum Gasteiger partial charge on any atom is 0.306 e. The van der Waals surface area contributed by atoms with Crippen molar-refractivity contribution in [1.29, 1.82) is 0 Å². The standard InChI is InChI=1S/C23H28N6O2S/c30-21(31)18-8-11-28(12-9-18)22-24-25-23(32-22)29-10-4-7-20(29)17-26-13-15-27(16-14-26)19-5-2-1-3-6-19/h1-7,10,18H,8-9,11-17H2,(H,30,31). The molecule has 1 aromatic carbocycles. The van der Waals surface area contributed by atoms with E-state index in [9.17, 15) is 9.90 Å². The van der Waals surface area contributed by atoms with Crippen molar-refractivity contribution in [2.75, 3.05) is 49.1 Å². The Bertz CT molecular complexity index is 1040. The number of carbonyl (C=O) groups is 1. The molecule has 0 radical (unpaired) electrons. The van der Waals surface area contributed by atoms with Gasteiger partial charge in [-0.1, -0.05) is 29.5 Å². The highest BCUT2D eigenvalue weighted by molar-refractivity contribution is 7.17. The third-order valence-corrected chi connectivity index (χ3v) is 7.42. The molecule has 2 fully saturated rings. The van der Waals surface area contributed by atoms with Gasteiger partial charge in [-0.05, 0) is 37.1 Å². The second-order valence-corrected chi connectivity index (χ2v) is 9.37. The van der Waals surface area contributed by atoms with Gasteiger partial charge >= 0.3 is 5.97 Å². The number of aliphatic carboxylic acids is 1. The van der Waals surface area contributed by atoms with Gasteiger partial charge in [-0.2, -0.15) is 0 Å². The number of nitrogens with zero attached hydrogens (tertiary/aromatic N) is 6. The lowest BCUT2D eigenvalue weighted by Crippen LogP contribution is -2.46. The first-order valence-electron chi connectivity index (χ1n) is 11.2. The fourth-order valence-electron chi connectivity index (χ4n) is 4.51. The Hall–Kier alpha value is -2.91. The molecule has 3 aromatic rings. The summed E-state index contributed by atoms with van der Waals surface area (Å²) in [5, 5.41) is 19.8. The number of piperidine rings is 1. The van der Waals surface area contributed by atoms with Gasteiger partial charge in [-0.3, -0.25) is 14.3 Å². The molecule has 2 aromatic heterocycles. The van der Waals surface area contributed by atoms with Crippen LogP contribution < -0.4 is 9.80 Å². The summed E-state index contributed by atoms with van der Waals surface area (Å²) in [6, 6.07) is 14.8. The number of anilines is 2. The Labute approximate surface area is 191 Å². The molecule has 2 saturated heterocycles. The van der Waals surface area contributed by atoms with E-state index >= 15 is 0 Å². The van der Waals surface area contributed by atoms with E-state index in [-0.39, 0.29) is 5.92 Å². The Morgan fingerprint density at radius 2 is 1.62 bits per heavy atom. The fourth-order valence-corrected chi connectivity index (χ4v) is 5.43. The number of piperazine rings is 1. The predicted molar refractivity (Wildman–Crippen MR) is 126 cm³/mol. The minimum absolute atomic E-state index is 0.239. The topological polar surface area (TPSA) is 77.7 Å². The monoisotopic (exact) mass is 452 g/mol. The molecule has 168 valence electrons. The van der Waals surface area contributed by atoms with Crippen molar-refractivity contribution in [3.05, 3.63) is 54.4 Å². The fraction of sp³-hybridized carbons (Fsp3) is 0.435. The average Bonchev–Trinajstić information content (AvgIpc) is 3.50. The maximum atomic E-state index is 11.2. The molecular formula is C23H28N6O2S. The van der Waals surface area contributed by atoms with Crippen molar-refractivity contribution in [1.82, 2.24) is 19.7 Å². The normalized spacial score (nSPS) is 18.2. The van der Waals surface area contributed by atoms with Gasteiger partial charge in [0.25, 0.3) is 0 Å². The third-order valence-electron chi connectivity index (χ3n) is 6.44. The zero-order chi connectivity index (χ0) is 21.9. The van der Waals surface area contributed by atoms with E-state index < -0.39 is 5.97 Å². The summed E-state index contributed by atoms with van der Waals surface area (Å²) in [7, 11) is 0. The van der Waals surface area contributed by atoms with Gasteiger partial charge in [-0.25, -0.2) is 0 Å². The summed E-state index contributed by atoms with van der Waals surface area (Å²) in [6.07, 6.45) is 3.37. The number of rotatable bonds is 6. The number of benzene rings is 1. The maximum absolute atomic E-state index is 11.2. The molecule has 9 heteroatoms. The predicted octanol–water partition coefficient (Wildman–Crippen LogP) is 2.95. The Morgan fingerprint density at radius 3 is 2.34 bits per heavy atom. The third kappa shape index (κ3) is 4.49. The van der Waals surface area contributed by atoms with Crippen molar-refractivity contribution in [2.45, 2.75) is 19.4 Å². The van der Waals surface area contributed by atoms with E-state index in [1.54, 1.807) is 11.3 Å². The van der Waals surface area contributed by atoms with Crippen LogP contribution in [0.25, 0.3) is 5.13 Å². The molecular weight excluding hydrogens is 424 g/mol. The molecule has 5 rings (SSSR count). The minimum Gasteiger partial charge on any atom is -0.481 e. The van der Waals surface area contributed by atoms with Gasteiger partial charge in [0.2, 0.25) is 10.3 Å². The van der Waals surface area contributed by atoms with E-state index in [4.69, 9.17) is 0 Å². The van der Waals surface area contributed by atoms with Gasteiger partial charge in [0, 0.05) is 63.4 Å². The molecule has 0 atom stereocenters. The van der Waals surface area contributed by atoms with Crippen LogP contribution in [0.3, 0.4) is 0 Å². The second kappa shape index (κ2) is 9.30. The van der Waals surface area contributed by atoms with E-state index in [0.29, 0.717) is 12.8 Å². The summed E-state index contributed by atoms with van der Waals surface area (Å²) < 4.78 is 2.13. The number of hydrogen-bond acceptors (Lipinski definition) is 7.